The number of amides is 2. The highest BCUT2D eigenvalue weighted by atomic mass is 35.5. The van der Waals surface area contributed by atoms with E-state index in [1.165, 1.54) is 30.5 Å². The summed E-state index contributed by atoms with van der Waals surface area (Å²) in [5.74, 6) is -0.948. The second-order valence-corrected chi connectivity index (χ2v) is 6.99. The maximum absolute atomic E-state index is 13.0. The first-order valence-electron chi connectivity index (χ1n) is 9.06. The number of carbonyl (C=O) groups excluding carboxylic acids is 2. The summed E-state index contributed by atoms with van der Waals surface area (Å²) in [6, 6.07) is 15.7. The van der Waals surface area contributed by atoms with Gasteiger partial charge in [-0.2, -0.15) is 0 Å². The van der Waals surface area contributed by atoms with Crippen molar-refractivity contribution in [3.05, 3.63) is 101 Å². The second-order valence-electron chi connectivity index (χ2n) is 6.56. The van der Waals surface area contributed by atoms with Crippen LogP contribution in [0.4, 0.5) is 10.1 Å². The molecule has 0 aliphatic carbocycles. The van der Waals surface area contributed by atoms with Crippen LogP contribution in [-0.2, 0) is 6.54 Å². The molecule has 0 spiro atoms. The minimum atomic E-state index is -0.368. The van der Waals surface area contributed by atoms with Crippen molar-refractivity contribution in [3.8, 4) is 0 Å². The van der Waals surface area contributed by atoms with Crippen LogP contribution in [0.25, 0.3) is 5.65 Å². The molecule has 4 rings (SSSR count). The monoisotopic (exact) mass is 422 g/mol. The fourth-order valence-corrected chi connectivity index (χ4v) is 3.06. The number of imidazole rings is 1. The molecule has 2 heterocycles. The fourth-order valence-electron chi connectivity index (χ4n) is 2.91. The molecule has 0 unspecified atom stereocenters. The van der Waals surface area contributed by atoms with Gasteiger partial charge in [-0.1, -0.05) is 23.7 Å². The standard InChI is InChI=1S/C22H16ClFN4O2/c23-16-9-10-28-19(13-25-20(28)11-16)22(30)26-12-14-1-3-15(4-2-14)21(29)27-18-7-5-17(24)6-8-18/h1-11,13H,12H2,(H,26,30)(H,27,29). The Bertz CT molecular complexity index is 1220. The lowest BCUT2D eigenvalue weighted by Crippen LogP contribution is -2.24. The minimum Gasteiger partial charge on any atom is -0.347 e. The highest BCUT2D eigenvalue weighted by Crippen LogP contribution is 2.14. The fraction of sp³-hybridized carbons (Fsp3) is 0.0455. The lowest BCUT2D eigenvalue weighted by atomic mass is 10.1. The van der Waals surface area contributed by atoms with Crippen LogP contribution >= 0.6 is 11.6 Å². The van der Waals surface area contributed by atoms with Crippen molar-refractivity contribution >= 4 is 34.7 Å². The van der Waals surface area contributed by atoms with Crippen LogP contribution in [0.3, 0.4) is 0 Å². The van der Waals surface area contributed by atoms with E-state index in [4.69, 9.17) is 11.6 Å². The lowest BCUT2D eigenvalue weighted by Gasteiger charge is -2.08. The molecule has 0 fully saturated rings. The number of fused-ring (bicyclic) bond motifs is 1. The maximum Gasteiger partial charge on any atom is 0.270 e. The molecule has 0 atom stereocenters. The van der Waals surface area contributed by atoms with Crippen LogP contribution in [-0.4, -0.2) is 21.2 Å². The summed E-state index contributed by atoms with van der Waals surface area (Å²) in [4.78, 5) is 28.9. The van der Waals surface area contributed by atoms with Crippen molar-refractivity contribution < 1.29 is 14.0 Å². The number of aromatic nitrogens is 2. The van der Waals surface area contributed by atoms with Crippen molar-refractivity contribution in [2.24, 2.45) is 0 Å². The summed E-state index contributed by atoms with van der Waals surface area (Å²) in [6.45, 7) is 0.291. The molecule has 4 aromatic rings. The molecule has 0 aliphatic heterocycles. The Labute approximate surface area is 176 Å². The molecular weight excluding hydrogens is 407 g/mol. The molecular formula is C22H16ClFN4O2. The Morgan fingerprint density at radius 2 is 1.73 bits per heavy atom. The third-order valence-electron chi connectivity index (χ3n) is 4.48. The zero-order valence-electron chi connectivity index (χ0n) is 15.6. The SMILES string of the molecule is O=C(Nc1ccc(F)cc1)c1ccc(CNC(=O)c2cnc3cc(Cl)ccn23)cc1. The van der Waals surface area contributed by atoms with Crippen molar-refractivity contribution in [3.63, 3.8) is 0 Å². The van der Waals surface area contributed by atoms with Crippen LogP contribution in [0.15, 0.2) is 73.1 Å². The molecule has 0 saturated carbocycles. The van der Waals surface area contributed by atoms with Gasteiger partial charge in [0.15, 0.2) is 0 Å². The van der Waals surface area contributed by atoms with Gasteiger partial charge in [0.05, 0.1) is 6.20 Å². The van der Waals surface area contributed by atoms with Crippen LogP contribution in [0, 0.1) is 5.82 Å². The summed E-state index contributed by atoms with van der Waals surface area (Å²) >= 11 is 5.94. The molecule has 0 aliphatic rings. The maximum atomic E-state index is 13.0. The highest BCUT2D eigenvalue weighted by molar-refractivity contribution is 6.30. The van der Waals surface area contributed by atoms with Crippen LogP contribution < -0.4 is 10.6 Å². The van der Waals surface area contributed by atoms with E-state index < -0.39 is 0 Å². The summed E-state index contributed by atoms with van der Waals surface area (Å²) < 4.78 is 14.6. The second kappa shape index (κ2) is 8.34. The normalized spacial score (nSPS) is 10.7. The first kappa shape index (κ1) is 19.6. The van der Waals surface area contributed by atoms with E-state index in [2.05, 4.69) is 15.6 Å². The quantitative estimate of drug-likeness (QED) is 0.503. The number of carbonyl (C=O) groups is 2. The lowest BCUT2D eigenvalue weighted by molar-refractivity contribution is 0.0944. The average molecular weight is 423 g/mol. The van der Waals surface area contributed by atoms with Gasteiger partial charge in [0, 0.05) is 35.1 Å². The van der Waals surface area contributed by atoms with Gasteiger partial charge in [-0.05, 0) is 48.0 Å². The van der Waals surface area contributed by atoms with E-state index in [1.54, 1.807) is 47.0 Å². The molecule has 6 nitrogen and oxygen atoms in total. The first-order valence-corrected chi connectivity index (χ1v) is 9.44. The van der Waals surface area contributed by atoms with Crippen molar-refractivity contribution in [2.75, 3.05) is 5.32 Å². The molecule has 0 bridgehead atoms. The van der Waals surface area contributed by atoms with E-state index in [1.807, 2.05) is 0 Å². The molecule has 2 aromatic heterocycles. The van der Waals surface area contributed by atoms with Crippen molar-refractivity contribution in [2.45, 2.75) is 6.54 Å². The Kier molecular flexibility index (Phi) is 5.45. The minimum absolute atomic E-state index is 0.275. The number of benzene rings is 2. The van der Waals surface area contributed by atoms with Gasteiger partial charge < -0.3 is 10.6 Å². The number of nitrogens with one attached hydrogen (secondary N) is 2. The van der Waals surface area contributed by atoms with Gasteiger partial charge in [0.1, 0.15) is 17.2 Å². The summed E-state index contributed by atoms with van der Waals surface area (Å²) in [5.41, 5.74) is 2.78. The smallest absolute Gasteiger partial charge is 0.270 e. The largest absolute Gasteiger partial charge is 0.347 e. The van der Waals surface area contributed by atoms with E-state index in [9.17, 15) is 14.0 Å². The number of rotatable bonds is 5. The number of nitrogens with zero attached hydrogens (tertiary/aromatic N) is 2. The molecule has 0 saturated heterocycles. The number of hydrogen-bond donors (Lipinski definition) is 2. The highest BCUT2D eigenvalue weighted by Gasteiger charge is 2.12. The topological polar surface area (TPSA) is 75.5 Å². The molecule has 8 heteroatoms. The Morgan fingerprint density at radius 1 is 1.00 bits per heavy atom. The predicted octanol–water partition coefficient (Wildman–Crippen LogP) is 4.31. The van der Waals surface area contributed by atoms with Gasteiger partial charge in [0.2, 0.25) is 0 Å². The van der Waals surface area contributed by atoms with E-state index in [0.717, 1.165) is 5.56 Å². The molecule has 150 valence electrons. The third kappa shape index (κ3) is 4.31. The van der Waals surface area contributed by atoms with Crippen molar-refractivity contribution in [1.82, 2.24) is 14.7 Å². The number of anilines is 1. The predicted molar refractivity (Wildman–Crippen MR) is 112 cm³/mol. The zero-order chi connectivity index (χ0) is 21.1. The van der Waals surface area contributed by atoms with Gasteiger partial charge in [-0.25, -0.2) is 9.37 Å². The van der Waals surface area contributed by atoms with Gasteiger partial charge in [-0.15, -0.1) is 0 Å². The van der Waals surface area contributed by atoms with Crippen LogP contribution in [0.1, 0.15) is 26.4 Å². The first-order chi connectivity index (χ1) is 14.5. The Hall–Kier alpha value is -3.71. The molecule has 2 amide bonds. The third-order valence-corrected chi connectivity index (χ3v) is 4.71. The number of hydrogen-bond acceptors (Lipinski definition) is 3. The Morgan fingerprint density at radius 3 is 2.47 bits per heavy atom. The van der Waals surface area contributed by atoms with Crippen molar-refractivity contribution in [1.29, 1.82) is 0 Å². The summed E-state index contributed by atoms with van der Waals surface area (Å²) in [6.07, 6.45) is 3.18. The summed E-state index contributed by atoms with van der Waals surface area (Å²) in [5, 5.41) is 6.08. The average Bonchev–Trinajstić information content (AvgIpc) is 3.17. The van der Waals surface area contributed by atoms with Crippen LogP contribution in [0.5, 0.6) is 0 Å². The van der Waals surface area contributed by atoms with E-state index >= 15 is 0 Å². The number of pyridine rings is 1. The van der Waals surface area contributed by atoms with Gasteiger partial charge in [0.25, 0.3) is 11.8 Å². The summed E-state index contributed by atoms with van der Waals surface area (Å²) in [7, 11) is 0. The molecule has 2 N–H and O–H groups in total. The number of halogens is 2. The molecule has 30 heavy (non-hydrogen) atoms. The van der Waals surface area contributed by atoms with E-state index in [-0.39, 0.29) is 17.6 Å². The van der Waals surface area contributed by atoms with Crippen LogP contribution in [0.2, 0.25) is 5.02 Å². The van der Waals surface area contributed by atoms with E-state index in [0.29, 0.717) is 34.2 Å². The van der Waals surface area contributed by atoms with Gasteiger partial charge in [-0.3, -0.25) is 14.0 Å². The zero-order valence-corrected chi connectivity index (χ0v) is 16.4. The molecule has 0 radical (unpaired) electrons. The molecule has 2 aromatic carbocycles. The Balaban J connectivity index is 1.37. The van der Waals surface area contributed by atoms with Gasteiger partial charge >= 0.3 is 0 Å².